The number of likely N-dealkylation sites (tertiary alicyclic amines) is 1. The van der Waals surface area contributed by atoms with E-state index >= 15 is 0 Å². The molecule has 180 valence electrons. The smallest absolute Gasteiger partial charge is 0.257 e. The first-order valence-corrected chi connectivity index (χ1v) is 12.1. The molecule has 3 heterocycles. The number of rotatable bonds is 4. The first-order valence-electron chi connectivity index (χ1n) is 12.1. The lowest BCUT2D eigenvalue weighted by Crippen LogP contribution is -2.52. The third kappa shape index (κ3) is 3.90. The SMILES string of the molecule is C=C(/C=C(F)\C=C(/C)F)[C@@H]1CC[C@H]2OC3(CCN(C(=O)c4cccc5c4CCC5)CC3)C(=O)N21. The van der Waals surface area contributed by atoms with Crippen molar-refractivity contribution in [3.8, 4) is 0 Å². The van der Waals surface area contributed by atoms with Crippen LogP contribution >= 0.6 is 0 Å². The molecule has 0 bridgehead atoms. The van der Waals surface area contributed by atoms with Gasteiger partial charge >= 0.3 is 0 Å². The van der Waals surface area contributed by atoms with E-state index in [2.05, 4.69) is 12.6 Å². The van der Waals surface area contributed by atoms with Gasteiger partial charge in [-0.2, -0.15) is 0 Å². The van der Waals surface area contributed by atoms with Crippen molar-refractivity contribution in [2.24, 2.45) is 0 Å². The summed E-state index contributed by atoms with van der Waals surface area (Å²) in [4.78, 5) is 30.3. The number of aryl methyl sites for hydroxylation is 1. The summed E-state index contributed by atoms with van der Waals surface area (Å²) in [5.41, 5.74) is 2.70. The Balaban J connectivity index is 1.27. The Kier molecular flexibility index (Phi) is 5.92. The first kappa shape index (κ1) is 23.0. The zero-order valence-electron chi connectivity index (χ0n) is 19.5. The summed E-state index contributed by atoms with van der Waals surface area (Å²) in [7, 11) is 0. The monoisotopic (exact) mass is 468 g/mol. The summed E-state index contributed by atoms with van der Waals surface area (Å²) in [6.45, 7) is 6.02. The summed E-state index contributed by atoms with van der Waals surface area (Å²) in [6, 6.07) is 5.59. The fourth-order valence-electron chi connectivity index (χ4n) is 5.98. The molecule has 1 aromatic rings. The van der Waals surface area contributed by atoms with Gasteiger partial charge in [-0.1, -0.05) is 18.7 Å². The van der Waals surface area contributed by atoms with Crippen LogP contribution in [-0.4, -0.2) is 52.6 Å². The van der Waals surface area contributed by atoms with E-state index in [1.807, 2.05) is 17.0 Å². The Hall–Kier alpha value is -2.80. The number of amides is 2. The van der Waals surface area contributed by atoms with Crippen LogP contribution in [-0.2, 0) is 22.4 Å². The van der Waals surface area contributed by atoms with Gasteiger partial charge in [-0.05, 0) is 67.9 Å². The predicted octanol–water partition coefficient (Wildman–Crippen LogP) is 4.78. The summed E-state index contributed by atoms with van der Waals surface area (Å²) in [5, 5.41) is 0. The lowest BCUT2D eigenvalue weighted by atomic mass is 9.89. The van der Waals surface area contributed by atoms with Crippen LogP contribution in [0.5, 0.6) is 0 Å². The maximum Gasteiger partial charge on any atom is 0.257 e. The van der Waals surface area contributed by atoms with Gasteiger partial charge in [0.2, 0.25) is 0 Å². The molecule has 1 aromatic carbocycles. The lowest BCUT2D eigenvalue weighted by molar-refractivity contribution is -0.142. The Morgan fingerprint density at radius 3 is 2.68 bits per heavy atom. The average Bonchev–Trinajstić information content (AvgIpc) is 3.49. The molecule has 0 radical (unpaired) electrons. The summed E-state index contributed by atoms with van der Waals surface area (Å²) in [6.07, 6.45) is 6.80. The van der Waals surface area contributed by atoms with Crippen molar-refractivity contribution in [1.82, 2.24) is 9.80 Å². The molecule has 0 N–H and O–H groups in total. The van der Waals surface area contributed by atoms with Gasteiger partial charge in [0, 0.05) is 37.6 Å². The summed E-state index contributed by atoms with van der Waals surface area (Å²) >= 11 is 0. The molecule has 1 aliphatic carbocycles. The number of halogens is 2. The van der Waals surface area contributed by atoms with Crippen LogP contribution in [0.1, 0.15) is 60.5 Å². The second kappa shape index (κ2) is 8.77. The largest absolute Gasteiger partial charge is 0.342 e. The van der Waals surface area contributed by atoms with Gasteiger partial charge in [0.15, 0.2) is 5.60 Å². The fraction of sp³-hybridized carbons (Fsp3) is 0.481. The van der Waals surface area contributed by atoms with E-state index in [9.17, 15) is 18.4 Å². The number of hydrogen-bond acceptors (Lipinski definition) is 3. The molecule has 2 atom stereocenters. The number of benzene rings is 1. The van der Waals surface area contributed by atoms with Crippen LogP contribution in [0.2, 0.25) is 0 Å². The highest BCUT2D eigenvalue weighted by atomic mass is 19.1. The molecule has 3 saturated heterocycles. The summed E-state index contributed by atoms with van der Waals surface area (Å²) < 4.78 is 33.3. The lowest BCUT2D eigenvalue weighted by Gasteiger charge is -2.37. The number of carbonyl (C=O) groups is 2. The second-order valence-corrected chi connectivity index (χ2v) is 9.80. The Labute approximate surface area is 198 Å². The zero-order valence-corrected chi connectivity index (χ0v) is 19.5. The van der Waals surface area contributed by atoms with E-state index in [1.54, 1.807) is 4.90 Å². The van der Waals surface area contributed by atoms with Gasteiger partial charge in [-0.15, -0.1) is 0 Å². The molecule has 5 rings (SSSR count). The van der Waals surface area contributed by atoms with E-state index in [4.69, 9.17) is 4.74 Å². The third-order valence-electron chi connectivity index (χ3n) is 7.64. The highest BCUT2D eigenvalue weighted by Crippen LogP contribution is 2.44. The number of piperidine rings is 1. The van der Waals surface area contributed by atoms with Crippen LogP contribution in [0.15, 0.2) is 54.2 Å². The van der Waals surface area contributed by atoms with Gasteiger partial charge in [0.1, 0.15) is 12.1 Å². The maximum atomic E-state index is 14.0. The van der Waals surface area contributed by atoms with Gasteiger partial charge in [-0.25, -0.2) is 8.78 Å². The van der Waals surface area contributed by atoms with E-state index in [-0.39, 0.29) is 24.1 Å². The fourth-order valence-corrected chi connectivity index (χ4v) is 5.98. The minimum Gasteiger partial charge on any atom is -0.342 e. The molecule has 0 aromatic heterocycles. The van der Waals surface area contributed by atoms with Crippen LogP contribution < -0.4 is 0 Å². The highest BCUT2D eigenvalue weighted by molar-refractivity contribution is 5.96. The van der Waals surface area contributed by atoms with Crippen LogP contribution in [0, 0.1) is 0 Å². The van der Waals surface area contributed by atoms with E-state index < -0.39 is 17.3 Å². The van der Waals surface area contributed by atoms with E-state index in [1.165, 1.54) is 24.1 Å². The molecule has 5 nitrogen and oxygen atoms in total. The minimum absolute atomic E-state index is 0.0302. The Morgan fingerprint density at radius 1 is 1.18 bits per heavy atom. The molecular formula is C27H30F2N2O3. The Morgan fingerprint density at radius 2 is 1.94 bits per heavy atom. The third-order valence-corrected chi connectivity index (χ3v) is 7.64. The predicted molar refractivity (Wildman–Crippen MR) is 124 cm³/mol. The number of ether oxygens (including phenoxy) is 1. The Bertz CT molecular complexity index is 1100. The number of fused-ring (bicyclic) bond motifs is 2. The number of nitrogens with zero attached hydrogens (tertiary/aromatic N) is 2. The van der Waals surface area contributed by atoms with Crippen LogP contribution in [0.4, 0.5) is 8.78 Å². The highest BCUT2D eigenvalue weighted by Gasteiger charge is 2.58. The molecular weight excluding hydrogens is 438 g/mol. The van der Waals surface area contributed by atoms with Crippen molar-refractivity contribution < 1.29 is 23.1 Å². The second-order valence-electron chi connectivity index (χ2n) is 9.80. The van der Waals surface area contributed by atoms with Crippen molar-refractivity contribution >= 4 is 11.8 Å². The van der Waals surface area contributed by atoms with Gasteiger partial charge < -0.3 is 14.5 Å². The van der Waals surface area contributed by atoms with Crippen molar-refractivity contribution in [2.45, 2.75) is 69.7 Å². The molecule has 3 aliphatic heterocycles. The van der Waals surface area contributed by atoms with E-state index in [0.717, 1.165) is 30.9 Å². The number of carbonyl (C=O) groups excluding carboxylic acids is 2. The molecule has 0 saturated carbocycles. The van der Waals surface area contributed by atoms with Gasteiger partial charge in [0.05, 0.1) is 11.9 Å². The summed E-state index contributed by atoms with van der Waals surface area (Å²) in [5.74, 6) is -1.44. The maximum absolute atomic E-state index is 14.0. The topological polar surface area (TPSA) is 49.9 Å². The molecule has 1 spiro atoms. The normalized spacial score (nSPS) is 26.3. The molecule has 34 heavy (non-hydrogen) atoms. The minimum atomic E-state index is -0.948. The average molecular weight is 469 g/mol. The molecule has 4 aliphatic rings. The van der Waals surface area contributed by atoms with E-state index in [0.29, 0.717) is 44.3 Å². The van der Waals surface area contributed by atoms with Crippen molar-refractivity contribution in [3.05, 3.63) is 70.8 Å². The number of allylic oxidation sites excluding steroid dienone is 3. The van der Waals surface area contributed by atoms with Crippen LogP contribution in [0.3, 0.4) is 0 Å². The first-order chi connectivity index (χ1) is 16.3. The van der Waals surface area contributed by atoms with Gasteiger partial charge in [0.25, 0.3) is 11.8 Å². The quantitative estimate of drug-likeness (QED) is 0.598. The number of hydrogen-bond donors (Lipinski definition) is 0. The molecule has 0 unspecified atom stereocenters. The molecule has 3 fully saturated rings. The zero-order chi connectivity index (χ0) is 24.0. The standard InChI is InChI=1S/C27H30F2N2O3/c1-17(15-20(29)16-18(2)28)23-9-10-24-31(23)26(33)27(34-24)11-13-30(14-12-27)25(32)22-8-4-6-19-5-3-7-21(19)22/h4,6,8,15-16,23-24H,1,3,5,7,9-14H2,2H3/b18-16+,20-15+/t23-,24+/m0/s1. The molecule has 2 amide bonds. The van der Waals surface area contributed by atoms with Gasteiger partial charge in [-0.3, -0.25) is 9.59 Å². The van der Waals surface area contributed by atoms with Crippen molar-refractivity contribution in [3.63, 3.8) is 0 Å². The van der Waals surface area contributed by atoms with Crippen LogP contribution in [0.25, 0.3) is 0 Å². The van der Waals surface area contributed by atoms with Crippen molar-refractivity contribution in [1.29, 1.82) is 0 Å². The van der Waals surface area contributed by atoms with Crippen molar-refractivity contribution in [2.75, 3.05) is 13.1 Å². The molecule has 7 heteroatoms.